The van der Waals surface area contributed by atoms with E-state index in [9.17, 15) is 4.79 Å². The summed E-state index contributed by atoms with van der Waals surface area (Å²) in [6, 6.07) is 18.4. The lowest BCUT2D eigenvalue weighted by Gasteiger charge is -2.12. The average molecular weight is 376 g/mol. The fraction of sp³-hybridized carbons (Fsp3) is 0.227. The Labute approximate surface area is 165 Å². The molecular formula is C22H24N4O2. The van der Waals surface area contributed by atoms with Crippen LogP contribution in [0, 0.1) is 0 Å². The van der Waals surface area contributed by atoms with Gasteiger partial charge in [0, 0.05) is 12.6 Å². The van der Waals surface area contributed by atoms with Gasteiger partial charge in [0.2, 0.25) is 0 Å². The Morgan fingerprint density at radius 3 is 2.61 bits per heavy atom. The monoisotopic (exact) mass is 376 g/mol. The van der Waals surface area contributed by atoms with E-state index in [-0.39, 0.29) is 5.91 Å². The summed E-state index contributed by atoms with van der Waals surface area (Å²) >= 11 is 0. The van der Waals surface area contributed by atoms with Crippen LogP contribution in [0.2, 0.25) is 0 Å². The van der Waals surface area contributed by atoms with Crippen molar-refractivity contribution in [1.82, 2.24) is 9.97 Å². The molecule has 1 heterocycles. The Morgan fingerprint density at radius 1 is 1.00 bits per heavy atom. The summed E-state index contributed by atoms with van der Waals surface area (Å²) < 4.78 is 5.89. The van der Waals surface area contributed by atoms with Gasteiger partial charge in [-0.2, -0.15) is 0 Å². The number of rotatable bonds is 9. The van der Waals surface area contributed by atoms with Crippen LogP contribution in [0.1, 0.15) is 36.7 Å². The molecule has 0 aliphatic heterocycles. The fourth-order valence-electron chi connectivity index (χ4n) is 2.63. The van der Waals surface area contributed by atoms with E-state index in [1.165, 1.54) is 6.33 Å². The van der Waals surface area contributed by atoms with E-state index in [1.807, 2.05) is 48.5 Å². The zero-order valence-corrected chi connectivity index (χ0v) is 15.9. The molecule has 0 unspecified atom stereocenters. The molecule has 0 atom stereocenters. The van der Waals surface area contributed by atoms with Gasteiger partial charge in [0.15, 0.2) is 5.75 Å². The van der Waals surface area contributed by atoms with Crippen LogP contribution in [-0.2, 0) is 0 Å². The molecule has 6 heteroatoms. The van der Waals surface area contributed by atoms with Crippen LogP contribution in [-0.4, -0.2) is 22.4 Å². The van der Waals surface area contributed by atoms with Crippen molar-refractivity contribution in [2.75, 3.05) is 17.2 Å². The predicted molar refractivity (Wildman–Crippen MR) is 111 cm³/mol. The Balaban J connectivity index is 1.68. The predicted octanol–water partition coefficient (Wildman–Crippen LogP) is 5.12. The first kappa shape index (κ1) is 19.4. The lowest BCUT2D eigenvalue weighted by atomic mass is 10.2. The van der Waals surface area contributed by atoms with Crippen LogP contribution in [0.5, 0.6) is 11.5 Å². The first-order valence-electron chi connectivity index (χ1n) is 9.45. The van der Waals surface area contributed by atoms with E-state index in [0.29, 0.717) is 28.7 Å². The van der Waals surface area contributed by atoms with E-state index in [1.54, 1.807) is 12.1 Å². The van der Waals surface area contributed by atoms with Crippen LogP contribution in [0.15, 0.2) is 67.0 Å². The van der Waals surface area contributed by atoms with E-state index >= 15 is 0 Å². The number of aromatic nitrogens is 2. The summed E-state index contributed by atoms with van der Waals surface area (Å²) in [7, 11) is 0. The minimum absolute atomic E-state index is 0.294. The number of para-hydroxylation sites is 3. The molecule has 0 bridgehead atoms. The molecule has 28 heavy (non-hydrogen) atoms. The van der Waals surface area contributed by atoms with Crippen molar-refractivity contribution in [3.05, 3.63) is 72.7 Å². The molecule has 0 aliphatic rings. The Hall–Kier alpha value is -3.41. The van der Waals surface area contributed by atoms with E-state index < -0.39 is 0 Å². The number of benzene rings is 2. The summed E-state index contributed by atoms with van der Waals surface area (Å²) in [5.41, 5.74) is 0.870. The third kappa shape index (κ3) is 5.54. The van der Waals surface area contributed by atoms with Crippen molar-refractivity contribution >= 4 is 17.4 Å². The van der Waals surface area contributed by atoms with Crippen molar-refractivity contribution in [1.29, 1.82) is 0 Å². The molecule has 2 N–H and O–H groups in total. The van der Waals surface area contributed by atoms with Gasteiger partial charge in [-0.25, -0.2) is 9.97 Å². The van der Waals surface area contributed by atoms with Crippen LogP contribution in [0.25, 0.3) is 0 Å². The quantitative estimate of drug-likeness (QED) is 0.507. The second-order valence-corrected chi connectivity index (χ2v) is 6.29. The zero-order valence-electron chi connectivity index (χ0n) is 15.9. The minimum Gasteiger partial charge on any atom is -0.455 e. The number of nitrogens with zero attached hydrogens (tertiary/aromatic N) is 2. The van der Waals surface area contributed by atoms with Gasteiger partial charge < -0.3 is 15.4 Å². The lowest BCUT2D eigenvalue weighted by Crippen LogP contribution is -2.15. The summed E-state index contributed by atoms with van der Waals surface area (Å²) in [4.78, 5) is 20.9. The second-order valence-electron chi connectivity index (χ2n) is 6.29. The third-order valence-electron chi connectivity index (χ3n) is 4.09. The van der Waals surface area contributed by atoms with Crippen molar-refractivity contribution < 1.29 is 9.53 Å². The average Bonchev–Trinajstić information content (AvgIpc) is 2.74. The van der Waals surface area contributed by atoms with Crippen molar-refractivity contribution in [3.63, 3.8) is 0 Å². The van der Waals surface area contributed by atoms with E-state index in [4.69, 9.17) is 4.74 Å². The van der Waals surface area contributed by atoms with Gasteiger partial charge in [0.05, 0.1) is 5.69 Å². The number of ether oxygens (including phenoxy) is 1. The Bertz CT molecular complexity index is 900. The van der Waals surface area contributed by atoms with Crippen LogP contribution in [0.4, 0.5) is 11.5 Å². The fourth-order valence-corrected chi connectivity index (χ4v) is 2.63. The largest absolute Gasteiger partial charge is 0.455 e. The van der Waals surface area contributed by atoms with Crippen molar-refractivity contribution in [3.8, 4) is 11.5 Å². The molecular weight excluding hydrogens is 352 g/mol. The highest BCUT2D eigenvalue weighted by Crippen LogP contribution is 2.29. The van der Waals surface area contributed by atoms with Crippen LogP contribution >= 0.6 is 0 Å². The number of unbranched alkanes of at least 4 members (excludes halogenated alkanes) is 2. The number of carbonyl (C=O) groups excluding carboxylic acids is 1. The normalized spacial score (nSPS) is 10.3. The van der Waals surface area contributed by atoms with Crippen LogP contribution in [0.3, 0.4) is 0 Å². The maximum Gasteiger partial charge on any atom is 0.274 e. The summed E-state index contributed by atoms with van der Waals surface area (Å²) in [5.74, 6) is 1.59. The maximum absolute atomic E-state index is 12.7. The molecule has 0 saturated carbocycles. The highest BCUT2D eigenvalue weighted by atomic mass is 16.5. The molecule has 1 aromatic heterocycles. The van der Waals surface area contributed by atoms with Gasteiger partial charge in [-0.1, -0.05) is 50.1 Å². The summed E-state index contributed by atoms with van der Waals surface area (Å²) in [5, 5.41) is 6.10. The SMILES string of the molecule is CCCCCNc1cc(C(=O)Nc2ccccc2Oc2ccccc2)ncn1. The smallest absolute Gasteiger partial charge is 0.274 e. The van der Waals surface area contributed by atoms with Gasteiger partial charge in [0.1, 0.15) is 23.6 Å². The van der Waals surface area contributed by atoms with Gasteiger partial charge >= 0.3 is 0 Å². The Kier molecular flexibility index (Phi) is 6.95. The number of nitrogens with one attached hydrogen (secondary N) is 2. The standard InChI is InChI=1S/C22H24N4O2/c1-2-3-9-14-23-21-15-19(24-16-25-21)22(27)26-18-12-7-8-13-20(18)28-17-10-5-4-6-11-17/h4-8,10-13,15-16H,2-3,9,14H2,1H3,(H,26,27)(H,23,24,25). The summed E-state index contributed by atoms with van der Waals surface area (Å²) in [6.45, 7) is 2.98. The van der Waals surface area contributed by atoms with E-state index in [2.05, 4.69) is 27.5 Å². The van der Waals surface area contributed by atoms with Gasteiger partial charge in [-0.3, -0.25) is 4.79 Å². The number of carbonyl (C=O) groups is 1. The van der Waals surface area contributed by atoms with Crippen LogP contribution < -0.4 is 15.4 Å². The molecule has 0 radical (unpaired) electrons. The maximum atomic E-state index is 12.7. The molecule has 0 aliphatic carbocycles. The zero-order chi connectivity index (χ0) is 19.6. The minimum atomic E-state index is -0.317. The molecule has 144 valence electrons. The number of hydrogen-bond acceptors (Lipinski definition) is 5. The Morgan fingerprint density at radius 2 is 1.79 bits per heavy atom. The van der Waals surface area contributed by atoms with Crippen molar-refractivity contribution in [2.24, 2.45) is 0 Å². The van der Waals surface area contributed by atoms with Gasteiger partial charge in [-0.15, -0.1) is 0 Å². The molecule has 2 aromatic carbocycles. The first-order valence-corrected chi connectivity index (χ1v) is 9.45. The number of amides is 1. The lowest BCUT2D eigenvalue weighted by molar-refractivity contribution is 0.102. The topological polar surface area (TPSA) is 76.1 Å². The molecule has 3 rings (SSSR count). The third-order valence-corrected chi connectivity index (χ3v) is 4.09. The summed E-state index contributed by atoms with van der Waals surface area (Å²) in [6.07, 6.45) is 4.77. The number of hydrogen-bond donors (Lipinski definition) is 2. The number of anilines is 2. The second kappa shape index (κ2) is 10.1. The van der Waals surface area contributed by atoms with Crippen molar-refractivity contribution in [2.45, 2.75) is 26.2 Å². The molecule has 3 aromatic rings. The highest BCUT2D eigenvalue weighted by Gasteiger charge is 2.12. The molecule has 6 nitrogen and oxygen atoms in total. The first-order chi connectivity index (χ1) is 13.8. The van der Waals surface area contributed by atoms with Gasteiger partial charge in [0.25, 0.3) is 5.91 Å². The molecule has 0 spiro atoms. The molecule has 1 amide bonds. The molecule has 0 fully saturated rings. The highest BCUT2D eigenvalue weighted by molar-refractivity contribution is 6.04. The van der Waals surface area contributed by atoms with Gasteiger partial charge in [-0.05, 0) is 30.7 Å². The molecule has 0 saturated heterocycles. The van der Waals surface area contributed by atoms with E-state index in [0.717, 1.165) is 25.8 Å².